The molecule has 6 heteroatoms. The molecule has 1 atom stereocenters. The van der Waals surface area contributed by atoms with Crippen molar-refractivity contribution in [2.24, 2.45) is 0 Å². The summed E-state index contributed by atoms with van der Waals surface area (Å²) in [4.78, 5) is 8.54. The van der Waals surface area contributed by atoms with Crippen LogP contribution in [0.1, 0.15) is 37.3 Å². The molecule has 0 spiro atoms. The average Bonchev–Trinajstić information content (AvgIpc) is 3.06. The zero-order chi connectivity index (χ0) is 17.5. The minimum Gasteiger partial charge on any atom is -0.369 e. The molecule has 2 aromatic rings. The molecule has 1 aliphatic carbocycles. The van der Waals surface area contributed by atoms with Gasteiger partial charge in [-0.2, -0.15) is 0 Å². The molecule has 132 valence electrons. The first-order valence-corrected chi connectivity index (χ1v) is 10.5. The van der Waals surface area contributed by atoms with Gasteiger partial charge in [-0.25, -0.2) is 0 Å². The number of hydrogen-bond donors (Lipinski definition) is 0. The second-order valence-corrected chi connectivity index (χ2v) is 8.24. The molecule has 3 rings (SSSR count). The van der Waals surface area contributed by atoms with Gasteiger partial charge in [0.05, 0.1) is 6.20 Å². The Bertz CT molecular complexity index is 703. The SMILES string of the molecule is CCO[Si](OCC)(OCCC1C=Cc2ccccc21)c1cnccn1. The number of fused-ring (bicyclic) bond motifs is 1. The lowest BCUT2D eigenvalue weighted by Crippen LogP contribution is -2.58. The van der Waals surface area contributed by atoms with Gasteiger partial charge in [0.2, 0.25) is 0 Å². The maximum atomic E-state index is 6.23. The summed E-state index contributed by atoms with van der Waals surface area (Å²) < 4.78 is 18.2. The highest BCUT2D eigenvalue weighted by Crippen LogP contribution is 2.32. The van der Waals surface area contributed by atoms with Gasteiger partial charge in [0.1, 0.15) is 5.32 Å². The third-order valence-electron chi connectivity index (χ3n) is 4.17. The molecule has 0 saturated carbocycles. The Balaban J connectivity index is 1.70. The first-order valence-electron chi connectivity index (χ1n) is 8.74. The van der Waals surface area contributed by atoms with E-state index < -0.39 is 8.80 Å². The van der Waals surface area contributed by atoms with E-state index in [1.165, 1.54) is 11.1 Å². The molecule has 1 unspecified atom stereocenters. The van der Waals surface area contributed by atoms with Gasteiger partial charge in [-0.05, 0) is 31.4 Å². The number of aromatic nitrogens is 2. The Labute approximate surface area is 150 Å². The topological polar surface area (TPSA) is 53.5 Å². The Hall–Kier alpha value is -1.86. The summed E-state index contributed by atoms with van der Waals surface area (Å²) in [5.74, 6) is 0.369. The number of hydrogen-bond acceptors (Lipinski definition) is 5. The van der Waals surface area contributed by atoms with Crippen molar-refractivity contribution in [1.82, 2.24) is 9.97 Å². The zero-order valence-corrected chi connectivity index (χ0v) is 15.7. The second kappa shape index (κ2) is 8.49. The lowest BCUT2D eigenvalue weighted by molar-refractivity contribution is 0.0788. The number of allylic oxidation sites excluding steroid dienone is 1. The highest BCUT2D eigenvalue weighted by atomic mass is 28.4. The molecule has 1 aromatic carbocycles. The first kappa shape index (κ1) is 17.9. The van der Waals surface area contributed by atoms with Crippen molar-refractivity contribution in [3.8, 4) is 0 Å². The predicted molar refractivity (Wildman–Crippen MR) is 99.5 cm³/mol. The fraction of sp³-hybridized carbons (Fsp3) is 0.368. The van der Waals surface area contributed by atoms with Gasteiger partial charge in [0.25, 0.3) is 0 Å². The van der Waals surface area contributed by atoms with E-state index in [9.17, 15) is 0 Å². The lowest BCUT2D eigenvalue weighted by Gasteiger charge is -2.28. The molecule has 0 aliphatic heterocycles. The summed E-state index contributed by atoms with van der Waals surface area (Å²) in [5, 5.41) is 0.668. The van der Waals surface area contributed by atoms with Gasteiger partial charge in [-0.15, -0.1) is 0 Å². The first-order chi connectivity index (χ1) is 12.3. The normalized spacial score (nSPS) is 16.2. The molecule has 0 amide bonds. The number of rotatable bonds is 9. The minimum atomic E-state index is -3.03. The maximum Gasteiger partial charge on any atom is 0.558 e. The van der Waals surface area contributed by atoms with Gasteiger partial charge < -0.3 is 13.3 Å². The van der Waals surface area contributed by atoms with E-state index in [2.05, 4.69) is 46.4 Å². The molecule has 0 saturated heterocycles. The zero-order valence-electron chi connectivity index (χ0n) is 14.7. The smallest absolute Gasteiger partial charge is 0.369 e. The van der Waals surface area contributed by atoms with Crippen LogP contribution in [0.4, 0.5) is 0 Å². The van der Waals surface area contributed by atoms with Gasteiger partial charge in [-0.3, -0.25) is 9.97 Å². The fourth-order valence-electron chi connectivity index (χ4n) is 3.08. The van der Waals surface area contributed by atoms with E-state index in [0.717, 1.165) is 6.42 Å². The van der Waals surface area contributed by atoms with Crippen LogP contribution in [-0.2, 0) is 13.3 Å². The average molecular weight is 356 g/mol. The predicted octanol–water partition coefficient (Wildman–Crippen LogP) is 2.91. The molecular weight excluding hydrogens is 332 g/mol. The Kier molecular flexibility index (Phi) is 6.09. The van der Waals surface area contributed by atoms with E-state index >= 15 is 0 Å². The van der Waals surface area contributed by atoms with Crippen molar-refractivity contribution in [2.75, 3.05) is 19.8 Å². The molecule has 0 bridgehead atoms. The van der Waals surface area contributed by atoms with Crippen LogP contribution >= 0.6 is 0 Å². The van der Waals surface area contributed by atoms with E-state index in [4.69, 9.17) is 13.3 Å². The summed E-state index contributed by atoms with van der Waals surface area (Å²) >= 11 is 0. The molecule has 0 N–H and O–H groups in total. The number of nitrogens with zero attached hydrogens (tertiary/aromatic N) is 2. The Morgan fingerprint density at radius 1 is 1.04 bits per heavy atom. The third-order valence-corrected chi connectivity index (χ3v) is 6.98. The fourth-order valence-corrected chi connectivity index (χ4v) is 5.39. The Morgan fingerprint density at radius 3 is 2.56 bits per heavy atom. The highest BCUT2D eigenvalue weighted by molar-refractivity contribution is 6.74. The van der Waals surface area contributed by atoms with Crippen LogP contribution in [0.5, 0.6) is 0 Å². The molecule has 1 aliphatic rings. The molecule has 0 fully saturated rings. The van der Waals surface area contributed by atoms with Gasteiger partial charge in [0, 0.05) is 38.1 Å². The minimum absolute atomic E-state index is 0.369. The summed E-state index contributed by atoms with van der Waals surface area (Å²) in [5.41, 5.74) is 2.64. The molecule has 0 radical (unpaired) electrons. The molecule has 5 nitrogen and oxygen atoms in total. The van der Waals surface area contributed by atoms with Crippen molar-refractivity contribution in [3.63, 3.8) is 0 Å². The van der Waals surface area contributed by atoms with Gasteiger partial charge in [-0.1, -0.05) is 36.4 Å². The lowest BCUT2D eigenvalue weighted by atomic mass is 9.98. The Morgan fingerprint density at radius 2 is 1.84 bits per heavy atom. The van der Waals surface area contributed by atoms with Gasteiger partial charge in [0.15, 0.2) is 0 Å². The van der Waals surface area contributed by atoms with Crippen LogP contribution in [0.3, 0.4) is 0 Å². The second-order valence-electron chi connectivity index (χ2n) is 5.74. The van der Waals surface area contributed by atoms with Crippen molar-refractivity contribution >= 4 is 20.2 Å². The quantitative estimate of drug-likeness (QED) is 0.647. The van der Waals surface area contributed by atoms with Crippen LogP contribution in [0, 0.1) is 0 Å². The summed E-state index contributed by atoms with van der Waals surface area (Å²) in [7, 11) is -3.03. The summed E-state index contributed by atoms with van der Waals surface area (Å²) in [6.07, 6.45) is 10.3. The van der Waals surface area contributed by atoms with Gasteiger partial charge >= 0.3 is 8.80 Å². The molecule has 1 heterocycles. The van der Waals surface area contributed by atoms with E-state index in [0.29, 0.717) is 31.1 Å². The van der Waals surface area contributed by atoms with Crippen LogP contribution in [0.15, 0.2) is 48.9 Å². The third kappa shape index (κ3) is 4.04. The highest BCUT2D eigenvalue weighted by Gasteiger charge is 2.45. The maximum absolute atomic E-state index is 6.23. The van der Waals surface area contributed by atoms with Crippen LogP contribution < -0.4 is 5.32 Å². The monoisotopic (exact) mass is 356 g/mol. The standard InChI is InChI=1S/C19H24N2O3Si/c1-3-22-25(23-4-2,19-15-20-12-13-21-19)24-14-11-17-10-9-16-7-5-6-8-18(16)17/h5-10,12-13,15,17H,3-4,11,14H2,1-2H3. The van der Waals surface area contributed by atoms with Crippen LogP contribution in [-0.4, -0.2) is 38.6 Å². The summed E-state index contributed by atoms with van der Waals surface area (Å²) in [6.45, 7) is 5.45. The molecular formula is C19H24N2O3Si. The van der Waals surface area contributed by atoms with Crippen molar-refractivity contribution in [2.45, 2.75) is 26.2 Å². The molecule has 25 heavy (non-hydrogen) atoms. The van der Waals surface area contributed by atoms with Crippen LogP contribution in [0.25, 0.3) is 6.08 Å². The number of benzene rings is 1. The summed E-state index contributed by atoms with van der Waals surface area (Å²) in [6, 6.07) is 8.47. The van der Waals surface area contributed by atoms with E-state index in [1.807, 2.05) is 13.8 Å². The van der Waals surface area contributed by atoms with Crippen molar-refractivity contribution in [1.29, 1.82) is 0 Å². The van der Waals surface area contributed by atoms with E-state index in [-0.39, 0.29) is 0 Å². The largest absolute Gasteiger partial charge is 0.558 e. The van der Waals surface area contributed by atoms with Crippen LogP contribution in [0.2, 0.25) is 0 Å². The molecule has 1 aromatic heterocycles. The van der Waals surface area contributed by atoms with E-state index in [1.54, 1.807) is 18.6 Å². The van der Waals surface area contributed by atoms with Crippen molar-refractivity contribution in [3.05, 3.63) is 60.1 Å². The van der Waals surface area contributed by atoms with Crippen molar-refractivity contribution < 1.29 is 13.3 Å².